The van der Waals surface area contributed by atoms with Crippen LogP contribution >= 0.6 is 15.9 Å². The van der Waals surface area contributed by atoms with E-state index in [-0.39, 0.29) is 0 Å². The SMILES string of the molecule is BrCCCOc1cccc2c1CC=C2. The van der Waals surface area contributed by atoms with Crippen LogP contribution in [0.15, 0.2) is 24.3 Å². The van der Waals surface area contributed by atoms with E-state index >= 15 is 0 Å². The van der Waals surface area contributed by atoms with E-state index in [1.54, 1.807) is 0 Å². The zero-order valence-corrected chi connectivity index (χ0v) is 9.59. The first-order chi connectivity index (χ1) is 6.92. The van der Waals surface area contributed by atoms with E-state index in [2.05, 4.69) is 46.3 Å². The van der Waals surface area contributed by atoms with Crippen molar-refractivity contribution in [1.29, 1.82) is 0 Å². The molecule has 0 fully saturated rings. The Balaban J connectivity index is 2.08. The molecule has 0 radical (unpaired) electrons. The normalized spacial score (nSPS) is 12.9. The number of ether oxygens (including phenoxy) is 1. The summed E-state index contributed by atoms with van der Waals surface area (Å²) in [6.45, 7) is 0.793. The van der Waals surface area contributed by atoms with Crippen molar-refractivity contribution < 1.29 is 4.74 Å². The number of allylic oxidation sites excluding steroid dienone is 1. The first-order valence-corrected chi connectivity index (χ1v) is 6.01. The highest BCUT2D eigenvalue weighted by Gasteiger charge is 2.10. The third-order valence-corrected chi connectivity index (χ3v) is 2.88. The van der Waals surface area contributed by atoms with Gasteiger partial charge in [0.1, 0.15) is 5.75 Å². The fraction of sp³-hybridized carbons (Fsp3) is 0.333. The molecule has 14 heavy (non-hydrogen) atoms. The molecule has 2 heteroatoms. The van der Waals surface area contributed by atoms with Crippen molar-refractivity contribution in [3.05, 3.63) is 35.4 Å². The van der Waals surface area contributed by atoms with Crippen LogP contribution in [0.2, 0.25) is 0 Å². The Morgan fingerprint density at radius 1 is 1.36 bits per heavy atom. The second-order valence-corrected chi connectivity index (χ2v) is 4.11. The number of benzene rings is 1. The smallest absolute Gasteiger partial charge is 0.123 e. The molecule has 2 rings (SSSR count). The number of fused-ring (bicyclic) bond motifs is 1. The lowest BCUT2D eigenvalue weighted by atomic mass is 10.1. The predicted molar refractivity (Wildman–Crippen MR) is 63.1 cm³/mol. The average molecular weight is 253 g/mol. The van der Waals surface area contributed by atoms with Gasteiger partial charge in [-0.15, -0.1) is 0 Å². The Hall–Kier alpha value is -0.760. The summed E-state index contributed by atoms with van der Waals surface area (Å²) in [5.74, 6) is 1.05. The van der Waals surface area contributed by atoms with E-state index in [0.29, 0.717) is 0 Å². The molecule has 1 aromatic carbocycles. The van der Waals surface area contributed by atoms with Gasteiger partial charge in [-0.3, -0.25) is 0 Å². The minimum absolute atomic E-state index is 0.793. The quantitative estimate of drug-likeness (QED) is 0.590. The van der Waals surface area contributed by atoms with E-state index in [9.17, 15) is 0 Å². The molecule has 0 atom stereocenters. The summed E-state index contributed by atoms with van der Waals surface area (Å²) in [5, 5.41) is 1.00. The van der Waals surface area contributed by atoms with Crippen LogP contribution in [0.25, 0.3) is 6.08 Å². The lowest BCUT2D eigenvalue weighted by Crippen LogP contribution is -2.00. The topological polar surface area (TPSA) is 9.23 Å². The summed E-state index contributed by atoms with van der Waals surface area (Å²) < 4.78 is 5.72. The van der Waals surface area contributed by atoms with Crippen molar-refractivity contribution in [1.82, 2.24) is 0 Å². The number of hydrogen-bond donors (Lipinski definition) is 0. The molecule has 0 N–H and O–H groups in total. The van der Waals surface area contributed by atoms with Crippen molar-refractivity contribution in [3.8, 4) is 5.75 Å². The van der Waals surface area contributed by atoms with Crippen LogP contribution in [0.1, 0.15) is 17.5 Å². The van der Waals surface area contributed by atoms with Gasteiger partial charge in [-0.05, 0) is 24.5 Å². The third kappa shape index (κ3) is 2.01. The van der Waals surface area contributed by atoms with Crippen molar-refractivity contribution >= 4 is 22.0 Å². The van der Waals surface area contributed by atoms with Crippen LogP contribution in [0.4, 0.5) is 0 Å². The zero-order chi connectivity index (χ0) is 9.80. The minimum Gasteiger partial charge on any atom is -0.493 e. The van der Waals surface area contributed by atoms with Crippen LogP contribution in [0.3, 0.4) is 0 Å². The summed E-state index contributed by atoms with van der Waals surface area (Å²) in [7, 11) is 0. The maximum atomic E-state index is 5.72. The number of hydrogen-bond acceptors (Lipinski definition) is 1. The van der Waals surface area contributed by atoms with Crippen molar-refractivity contribution in [2.75, 3.05) is 11.9 Å². The molecule has 1 aromatic rings. The first kappa shape index (κ1) is 9.78. The van der Waals surface area contributed by atoms with E-state index in [4.69, 9.17) is 4.74 Å². The third-order valence-electron chi connectivity index (χ3n) is 2.32. The molecule has 0 heterocycles. The molecule has 0 saturated carbocycles. The van der Waals surface area contributed by atoms with Crippen LogP contribution in [0, 0.1) is 0 Å². The van der Waals surface area contributed by atoms with Gasteiger partial charge in [-0.25, -0.2) is 0 Å². The molecule has 74 valence electrons. The second-order valence-electron chi connectivity index (χ2n) is 3.32. The van der Waals surface area contributed by atoms with Gasteiger partial charge >= 0.3 is 0 Å². The Morgan fingerprint density at radius 2 is 2.29 bits per heavy atom. The first-order valence-electron chi connectivity index (χ1n) is 4.89. The van der Waals surface area contributed by atoms with Crippen LogP contribution < -0.4 is 4.74 Å². The van der Waals surface area contributed by atoms with Gasteiger partial charge in [-0.1, -0.05) is 40.2 Å². The fourth-order valence-electron chi connectivity index (χ4n) is 1.63. The van der Waals surface area contributed by atoms with Crippen molar-refractivity contribution in [2.24, 2.45) is 0 Å². The van der Waals surface area contributed by atoms with E-state index in [1.807, 2.05) is 0 Å². The molecule has 0 saturated heterocycles. The summed E-state index contributed by atoms with van der Waals surface area (Å²) >= 11 is 3.39. The number of alkyl halides is 1. The molecule has 0 unspecified atom stereocenters. The van der Waals surface area contributed by atoms with Crippen molar-refractivity contribution in [3.63, 3.8) is 0 Å². The monoisotopic (exact) mass is 252 g/mol. The van der Waals surface area contributed by atoms with E-state index in [1.165, 1.54) is 11.1 Å². The maximum Gasteiger partial charge on any atom is 0.123 e. The summed E-state index contributed by atoms with van der Waals surface area (Å²) in [5.41, 5.74) is 2.64. The largest absolute Gasteiger partial charge is 0.493 e. The van der Waals surface area contributed by atoms with Gasteiger partial charge in [0.2, 0.25) is 0 Å². The van der Waals surface area contributed by atoms with Crippen LogP contribution in [-0.2, 0) is 6.42 Å². The summed E-state index contributed by atoms with van der Waals surface area (Å²) in [4.78, 5) is 0. The molecular weight excluding hydrogens is 240 g/mol. The molecule has 1 nitrogen and oxygen atoms in total. The molecule has 0 amide bonds. The number of halogens is 1. The molecule has 0 aliphatic heterocycles. The molecule has 0 bridgehead atoms. The highest BCUT2D eigenvalue weighted by Crippen LogP contribution is 2.28. The zero-order valence-electron chi connectivity index (χ0n) is 8.00. The lowest BCUT2D eigenvalue weighted by Gasteiger charge is -2.09. The standard InChI is InChI=1S/C12H13BrO/c13-8-3-9-14-12-7-2-5-10-4-1-6-11(10)12/h1-2,4-5,7H,3,6,8-9H2. The Bertz CT molecular complexity index is 344. The minimum atomic E-state index is 0.793. The van der Waals surface area contributed by atoms with Crippen molar-refractivity contribution in [2.45, 2.75) is 12.8 Å². The van der Waals surface area contributed by atoms with Crippen LogP contribution in [0.5, 0.6) is 5.75 Å². The molecular formula is C12H13BrO. The average Bonchev–Trinajstić information content (AvgIpc) is 2.67. The molecule has 0 spiro atoms. The number of rotatable bonds is 4. The second kappa shape index (κ2) is 4.65. The molecule has 0 aromatic heterocycles. The summed E-state index contributed by atoms with van der Waals surface area (Å²) in [6.07, 6.45) is 6.41. The molecule has 1 aliphatic carbocycles. The maximum absolute atomic E-state index is 5.72. The highest BCUT2D eigenvalue weighted by atomic mass is 79.9. The molecule has 1 aliphatic rings. The Morgan fingerprint density at radius 3 is 3.14 bits per heavy atom. The van der Waals surface area contributed by atoms with Gasteiger partial charge in [0.05, 0.1) is 6.61 Å². The Kier molecular flexibility index (Phi) is 3.25. The van der Waals surface area contributed by atoms with Gasteiger partial charge in [0.15, 0.2) is 0 Å². The predicted octanol–water partition coefficient (Wildman–Crippen LogP) is 3.42. The summed E-state index contributed by atoms with van der Waals surface area (Å²) in [6, 6.07) is 6.24. The Labute approximate surface area is 92.9 Å². The highest BCUT2D eigenvalue weighted by molar-refractivity contribution is 9.09. The van der Waals surface area contributed by atoms with Gasteiger partial charge in [0.25, 0.3) is 0 Å². The van der Waals surface area contributed by atoms with Crippen LogP contribution in [-0.4, -0.2) is 11.9 Å². The lowest BCUT2D eigenvalue weighted by molar-refractivity contribution is 0.316. The van der Waals surface area contributed by atoms with E-state index < -0.39 is 0 Å². The fourth-order valence-corrected chi connectivity index (χ4v) is 1.86. The van der Waals surface area contributed by atoms with Gasteiger partial charge < -0.3 is 4.74 Å². The van der Waals surface area contributed by atoms with E-state index in [0.717, 1.165) is 30.5 Å². The van der Waals surface area contributed by atoms with Gasteiger partial charge in [0, 0.05) is 10.9 Å². The van der Waals surface area contributed by atoms with Gasteiger partial charge in [-0.2, -0.15) is 0 Å².